The number of anilines is 1. The number of amides is 2. The van der Waals surface area contributed by atoms with Gasteiger partial charge in [-0.3, -0.25) is 0 Å². The van der Waals surface area contributed by atoms with Crippen LogP contribution >= 0.6 is 0 Å². The summed E-state index contributed by atoms with van der Waals surface area (Å²) in [5.41, 5.74) is -1.74. The summed E-state index contributed by atoms with van der Waals surface area (Å²) in [6.45, 7) is 3.46. The highest BCUT2D eigenvalue weighted by atomic mass is 32.2. The van der Waals surface area contributed by atoms with Crippen molar-refractivity contribution in [3.8, 4) is 5.75 Å². The van der Waals surface area contributed by atoms with E-state index in [1.807, 2.05) is 0 Å². The molecule has 0 aromatic heterocycles. The Morgan fingerprint density at radius 3 is 2.10 bits per heavy atom. The number of carbonyl (C=O) groups excluding carboxylic acids is 1. The van der Waals surface area contributed by atoms with Gasteiger partial charge in [0.15, 0.2) is 0 Å². The van der Waals surface area contributed by atoms with Crippen molar-refractivity contribution in [2.24, 2.45) is 0 Å². The van der Waals surface area contributed by atoms with Crippen LogP contribution in [0.1, 0.15) is 37.0 Å². The van der Waals surface area contributed by atoms with Crippen LogP contribution in [-0.2, 0) is 29.0 Å². The van der Waals surface area contributed by atoms with Crippen LogP contribution in [0.5, 0.6) is 5.75 Å². The first-order valence-electron chi connectivity index (χ1n) is 11.6. The molecule has 0 bridgehead atoms. The first-order valence-corrected chi connectivity index (χ1v) is 13.0. The van der Waals surface area contributed by atoms with Gasteiger partial charge in [0.2, 0.25) is 0 Å². The van der Waals surface area contributed by atoms with E-state index in [-0.39, 0.29) is 24.0 Å². The van der Waals surface area contributed by atoms with Gasteiger partial charge in [0.05, 0.1) is 11.1 Å². The zero-order valence-electron chi connectivity index (χ0n) is 20.7. The molecule has 39 heavy (non-hydrogen) atoms. The minimum atomic E-state index is -4.75. The summed E-state index contributed by atoms with van der Waals surface area (Å²) >= 11 is 0. The fourth-order valence-corrected chi connectivity index (χ4v) is 4.48. The molecule has 0 saturated heterocycles. The average Bonchev–Trinajstić information content (AvgIpc) is 2.86. The van der Waals surface area contributed by atoms with Gasteiger partial charge in [-0.2, -0.15) is 34.8 Å². The van der Waals surface area contributed by atoms with Crippen LogP contribution in [0.4, 0.5) is 36.8 Å². The minimum absolute atomic E-state index is 0.0626. The molecule has 1 N–H and O–H groups in total. The lowest BCUT2D eigenvalue weighted by atomic mass is 10.1. The topological polar surface area (TPSA) is 75.7 Å². The quantitative estimate of drug-likeness (QED) is 0.226. The molecule has 0 aliphatic heterocycles. The number of nitrogens with zero attached hydrogens (tertiary/aromatic N) is 1. The van der Waals surface area contributed by atoms with E-state index in [9.17, 15) is 39.6 Å². The zero-order chi connectivity index (χ0) is 29.0. The molecule has 0 saturated carbocycles. The van der Waals surface area contributed by atoms with Crippen molar-refractivity contribution in [2.45, 2.75) is 50.1 Å². The summed E-state index contributed by atoms with van der Waals surface area (Å²) in [5.74, 6) is -0.202. The van der Waals surface area contributed by atoms with Crippen LogP contribution in [0.25, 0.3) is 0 Å². The standard InChI is InChI=1S/C26H24F6N2O4S/c1-3-17(2)34(24(35)33-21-10-5-8-19(14-21)25(27,28)29)16-18-7-4-11-22(13-18)38-39(36,37)23-12-6-9-20(15-23)26(30,31)32/h4-15,17H,3,16H2,1-2H3,(H,33,35). The number of nitrogens with one attached hydrogen (secondary N) is 1. The molecule has 0 heterocycles. The maximum atomic E-state index is 13.0. The normalized spacial score (nSPS) is 13.0. The molecule has 2 amide bonds. The molecule has 3 aromatic rings. The van der Waals surface area contributed by atoms with Crippen molar-refractivity contribution in [3.63, 3.8) is 0 Å². The number of urea groups is 1. The second kappa shape index (κ2) is 11.6. The first kappa shape index (κ1) is 29.8. The van der Waals surface area contributed by atoms with Crippen LogP contribution < -0.4 is 9.50 Å². The molecule has 0 fully saturated rings. The van der Waals surface area contributed by atoms with Crippen molar-refractivity contribution >= 4 is 21.8 Å². The molecule has 1 unspecified atom stereocenters. The predicted octanol–water partition coefficient (Wildman–Crippen LogP) is 7.32. The molecule has 0 aliphatic carbocycles. The van der Waals surface area contributed by atoms with Crippen molar-refractivity contribution in [1.29, 1.82) is 0 Å². The SMILES string of the molecule is CCC(C)N(Cc1cccc(OS(=O)(=O)c2cccc(C(F)(F)F)c2)c1)C(=O)Nc1cccc(C(F)(F)F)c1. The monoisotopic (exact) mass is 574 g/mol. The van der Waals surface area contributed by atoms with Gasteiger partial charge in [0.25, 0.3) is 0 Å². The van der Waals surface area contributed by atoms with E-state index in [2.05, 4.69) is 5.32 Å². The number of benzene rings is 3. The first-order chi connectivity index (χ1) is 18.1. The maximum Gasteiger partial charge on any atom is 0.416 e. The van der Waals surface area contributed by atoms with Gasteiger partial charge in [0.1, 0.15) is 10.6 Å². The molecule has 6 nitrogen and oxygen atoms in total. The van der Waals surface area contributed by atoms with Crippen LogP contribution in [0.15, 0.2) is 77.7 Å². The van der Waals surface area contributed by atoms with E-state index in [1.165, 1.54) is 29.2 Å². The molecule has 3 aromatic carbocycles. The van der Waals surface area contributed by atoms with Gasteiger partial charge >= 0.3 is 28.5 Å². The lowest BCUT2D eigenvalue weighted by molar-refractivity contribution is -0.138. The Balaban J connectivity index is 1.81. The minimum Gasteiger partial charge on any atom is -0.379 e. The van der Waals surface area contributed by atoms with Gasteiger partial charge in [-0.1, -0.05) is 31.2 Å². The van der Waals surface area contributed by atoms with Gasteiger partial charge in [-0.25, -0.2) is 4.79 Å². The van der Waals surface area contributed by atoms with Crippen molar-refractivity contribution in [3.05, 3.63) is 89.5 Å². The number of hydrogen-bond acceptors (Lipinski definition) is 4. The molecular weight excluding hydrogens is 550 g/mol. The Morgan fingerprint density at radius 1 is 0.897 bits per heavy atom. The summed E-state index contributed by atoms with van der Waals surface area (Å²) < 4.78 is 108. The van der Waals surface area contributed by atoms with Gasteiger partial charge < -0.3 is 14.4 Å². The van der Waals surface area contributed by atoms with Crippen LogP contribution in [-0.4, -0.2) is 25.4 Å². The number of hydrogen-bond donors (Lipinski definition) is 1. The lowest BCUT2D eigenvalue weighted by Gasteiger charge is -2.29. The van der Waals surface area contributed by atoms with Crippen molar-refractivity contribution < 1.29 is 43.7 Å². The fourth-order valence-electron chi connectivity index (χ4n) is 3.51. The smallest absolute Gasteiger partial charge is 0.379 e. The molecular formula is C26H24F6N2O4S. The lowest BCUT2D eigenvalue weighted by Crippen LogP contribution is -2.40. The Bertz CT molecular complexity index is 1420. The van der Waals surface area contributed by atoms with Crippen LogP contribution in [0, 0.1) is 0 Å². The highest BCUT2D eigenvalue weighted by molar-refractivity contribution is 7.87. The molecule has 3 rings (SSSR count). The summed E-state index contributed by atoms with van der Waals surface area (Å²) in [5, 5.41) is 2.45. The third kappa shape index (κ3) is 7.88. The number of rotatable bonds is 8. The average molecular weight is 575 g/mol. The summed E-state index contributed by atoms with van der Waals surface area (Å²) in [4.78, 5) is 13.7. The third-order valence-corrected chi connectivity index (χ3v) is 6.98. The summed E-state index contributed by atoms with van der Waals surface area (Å²) in [6, 6.07) is 11.8. The van der Waals surface area contributed by atoms with E-state index < -0.39 is 44.5 Å². The van der Waals surface area contributed by atoms with Gasteiger partial charge in [-0.15, -0.1) is 0 Å². The van der Waals surface area contributed by atoms with E-state index in [0.29, 0.717) is 18.1 Å². The Labute approximate surface area is 221 Å². The summed E-state index contributed by atoms with van der Waals surface area (Å²) in [6.07, 6.45) is -8.85. The highest BCUT2D eigenvalue weighted by Gasteiger charge is 2.32. The number of carbonyl (C=O) groups is 1. The Morgan fingerprint density at radius 2 is 1.49 bits per heavy atom. The third-order valence-electron chi connectivity index (χ3n) is 5.73. The molecule has 0 radical (unpaired) electrons. The molecule has 210 valence electrons. The second-order valence-corrected chi connectivity index (χ2v) is 10.2. The van der Waals surface area contributed by atoms with E-state index in [4.69, 9.17) is 4.18 Å². The molecule has 1 atom stereocenters. The zero-order valence-corrected chi connectivity index (χ0v) is 21.5. The highest BCUT2D eigenvalue weighted by Crippen LogP contribution is 2.32. The van der Waals surface area contributed by atoms with Crippen molar-refractivity contribution in [1.82, 2.24) is 4.90 Å². The molecule has 13 heteroatoms. The Kier molecular flexibility index (Phi) is 8.84. The largest absolute Gasteiger partial charge is 0.416 e. The maximum absolute atomic E-state index is 13.0. The van der Waals surface area contributed by atoms with Gasteiger partial charge in [0, 0.05) is 18.3 Å². The number of alkyl halides is 6. The molecule has 0 spiro atoms. The Hall–Kier alpha value is -3.74. The van der Waals surface area contributed by atoms with E-state index in [0.717, 1.165) is 36.4 Å². The van der Waals surface area contributed by atoms with E-state index >= 15 is 0 Å². The predicted molar refractivity (Wildman–Crippen MR) is 131 cm³/mol. The molecule has 0 aliphatic rings. The van der Waals surface area contributed by atoms with Crippen LogP contribution in [0.3, 0.4) is 0 Å². The summed E-state index contributed by atoms with van der Waals surface area (Å²) in [7, 11) is -4.62. The van der Waals surface area contributed by atoms with Crippen molar-refractivity contribution in [2.75, 3.05) is 5.32 Å². The second-order valence-electron chi connectivity index (χ2n) is 8.60. The van der Waals surface area contributed by atoms with Gasteiger partial charge in [-0.05, 0) is 67.4 Å². The number of halogens is 6. The van der Waals surface area contributed by atoms with E-state index in [1.54, 1.807) is 19.9 Å². The van der Waals surface area contributed by atoms with Crippen LogP contribution in [0.2, 0.25) is 0 Å². The fraction of sp³-hybridized carbons (Fsp3) is 0.269.